The second kappa shape index (κ2) is 17.8. The van der Waals surface area contributed by atoms with Gasteiger partial charge in [-0.1, -0.05) is 51.9 Å². The third kappa shape index (κ3) is 10.0. The van der Waals surface area contributed by atoms with E-state index in [9.17, 15) is 9.59 Å². The smallest absolute Gasteiger partial charge is 0.344 e. The molecule has 0 saturated carbocycles. The fraction of sp³-hybridized carbons (Fsp3) is 0.472. The molecule has 4 rings (SSSR count). The minimum Gasteiger partial charge on any atom is -0.497 e. The number of unbranched alkanes of at least 4 members (excludes halogenated alkanes) is 2. The Hall–Kier alpha value is -4.49. The third-order valence-electron chi connectivity index (χ3n) is 8.02. The van der Waals surface area contributed by atoms with Crippen LogP contribution in [0.1, 0.15) is 56.4 Å². The van der Waals surface area contributed by atoms with E-state index in [1.165, 1.54) is 25.3 Å². The van der Waals surface area contributed by atoms with Gasteiger partial charge in [-0.2, -0.15) is 4.73 Å². The van der Waals surface area contributed by atoms with Crippen molar-refractivity contribution in [2.45, 2.75) is 71.3 Å². The molecule has 0 aliphatic carbocycles. The molecule has 12 nitrogen and oxygen atoms in total. The highest BCUT2D eigenvalue weighted by Crippen LogP contribution is 2.39. The number of fused-ring (bicyclic) bond motifs is 1. The van der Waals surface area contributed by atoms with E-state index in [0.717, 1.165) is 31.2 Å². The molecule has 0 N–H and O–H groups in total. The van der Waals surface area contributed by atoms with Gasteiger partial charge < -0.3 is 38.0 Å². The fourth-order valence-electron chi connectivity index (χ4n) is 5.47. The number of carbonyl (C=O) groups excluding carboxylic acids is 2. The Bertz CT molecular complexity index is 1600. The average molecular weight is 697 g/mol. The molecular weight excluding hydrogens is 648 g/mol. The lowest BCUT2D eigenvalue weighted by atomic mass is 9.92. The van der Waals surface area contributed by atoms with Crippen LogP contribution in [0, 0.1) is 0 Å². The summed E-state index contributed by atoms with van der Waals surface area (Å²) in [7, 11) is 1.19. The maximum Gasteiger partial charge on any atom is 0.344 e. The minimum absolute atomic E-state index is 0.0255. The lowest BCUT2D eigenvalue weighted by Gasteiger charge is -2.29. The number of methoxy groups -OCH3 is 2. The van der Waals surface area contributed by atoms with Crippen LogP contribution >= 0.6 is 0 Å². The summed E-state index contributed by atoms with van der Waals surface area (Å²) in [5.41, 5.74) is 2.46. The van der Waals surface area contributed by atoms with Crippen molar-refractivity contribution >= 4 is 25.6 Å². The van der Waals surface area contributed by atoms with Crippen molar-refractivity contribution in [3.05, 3.63) is 71.3 Å². The Morgan fingerprint density at radius 2 is 1.82 bits per heavy atom. The number of carbonyl (C=O) groups is 2. The van der Waals surface area contributed by atoms with Crippen LogP contribution in [0.25, 0.3) is 5.57 Å². The van der Waals surface area contributed by atoms with Crippen LogP contribution in [-0.2, 0) is 30.2 Å². The summed E-state index contributed by atoms with van der Waals surface area (Å²) < 4.78 is 40.9. The maximum atomic E-state index is 13.7. The molecule has 0 spiro atoms. The first-order chi connectivity index (χ1) is 23.6. The molecule has 0 bridgehead atoms. The zero-order valence-electron chi connectivity index (χ0n) is 29.5. The van der Waals surface area contributed by atoms with Crippen molar-refractivity contribution in [3.8, 4) is 23.0 Å². The number of aromatic nitrogens is 2. The Balaban J connectivity index is 1.81. The Morgan fingerprint density at radius 1 is 1.02 bits per heavy atom. The number of ether oxygens (including phenoxy) is 7. The Morgan fingerprint density at radius 3 is 2.53 bits per heavy atom. The molecule has 13 heteroatoms. The van der Waals surface area contributed by atoms with Crippen molar-refractivity contribution < 1.29 is 47.6 Å². The quantitative estimate of drug-likeness (QED) is 0.0481. The van der Waals surface area contributed by atoms with E-state index >= 15 is 0 Å². The van der Waals surface area contributed by atoms with Crippen molar-refractivity contribution in [1.82, 2.24) is 9.71 Å². The number of benzene rings is 2. The van der Waals surface area contributed by atoms with E-state index in [1.54, 1.807) is 37.4 Å². The van der Waals surface area contributed by atoms with Crippen molar-refractivity contribution in [1.29, 1.82) is 0 Å². The van der Waals surface area contributed by atoms with Gasteiger partial charge in [0.05, 0.1) is 46.4 Å². The van der Waals surface area contributed by atoms with Crippen LogP contribution in [0.2, 0.25) is 19.6 Å². The number of nitrogens with zero attached hydrogens (tertiary/aromatic N) is 2. The summed E-state index contributed by atoms with van der Waals surface area (Å²) in [5, 5.41) is 0. The van der Waals surface area contributed by atoms with Gasteiger partial charge in [0.2, 0.25) is 13.6 Å². The average Bonchev–Trinajstić information content (AvgIpc) is 3.75. The Kier molecular flexibility index (Phi) is 13.5. The highest BCUT2D eigenvalue weighted by Gasteiger charge is 2.29. The van der Waals surface area contributed by atoms with Crippen LogP contribution < -0.4 is 23.8 Å². The van der Waals surface area contributed by atoms with Gasteiger partial charge in [0, 0.05) is 23.6 Å². The van der Waals surface area contributed by atoms with E-state index in [2.05, 4.69) is 31.5 Å². The van der Waals surface area contributed by atoms with Gasteiger partial charge in [0.15, 0.2) is 18.1 Å². The first kappa shape index (κ1) is 37.3. The van der Waals surface area contributed by atoms with E-state index in [0.29, 0.717) is 34.1 Å². The zero-order valence-corrected chi connectivity index (χ0v) is 30.5. The topological polar surface area (TPSA) is 126 Å². The second-order valence-electron chi connectivity index (χ2n) is 12.5. The molecule has 0 saturated heterocycles. The fourth-order valence-corrected chi connectivity index (χ4v) is 7.11. The lowest BCUT2D eigenvalue weighted by molar-refractivity contribution is -0.145. The molecule has 1 aliphatic heterocycles. The molecule has 266 valence electrons. The second-order valence-corrected chi connectivity index (χ2v) is 17.9. The predicted molar refractivity (Wildman–Crippen MR) is 185 cm³/mol. The van der Waals surface area contributed by atoms with Crippen LogP contribution in [0.5, 0.6) is 23.0 Å². The van der Waals surface area contributed by atoms with E-state index in [1.807, 2.05) is 12.1 Å². The monoisotopic (exact) mass is 696 g/mol. The molecule has 0 radical (unpaired) electrons. The molecule has 0 amide bonds. The van der Waals surface area contributed by atoms with Gasteiger partial charge in [-0.25, -0.2) is 14.6 Å². The summed E-state index contributed by atoms with van der Waals surface area (Å²) in [6.45, 7) is 10.7. The van der Waals surface area contributed by atoms with Gasteiger partial charge in [-0.05, 0) is 43.2 Å². The molecule has 1 aromatic heterocycles. The molecule has 1 atom stereocenters. The van der Waals surface area contributed by atoms with Crippen LogP contribution in [0.3, 0.4) is 0 Å². The van der Waals surface area contributed by atoms with Crippen molar-refractivity contribution in [2.75, 3.05) is 41.0 Å². The summed E-state index contributed by atoms with van der Waals surface area (Å²) in [6.07, 6.45) is 7.57. The molecule has 1 unspecified atom stereocenters. The molecule has 49 heavy (non-hydrogen) atoms. The van der Waals surface area contributed by atoms with Crippen LogP contribution in [-0.4, -0.2) is 76.5 Å². The normalized spacial score (nSPS) is 13.4. The first-order valence-electron chi connectivity index (χ1n) is 16.5. The van der Waals surface area contributed by atoms with Gasteiger partial charge in [0.25, 0.3) is 0 Å². The largest absolute Gasteiger partial charge is 0.497 e. The molecule has 0 fully saturated rings. The highest BCUT2D eigenvalue weighted by molar-refractivity contribution is 6.77. The number of hydrogen-bond donors (Lipinski definition) is 0. The minimum atomic E-state index is -1.66. The third-order valence-corrected chi connectivity index (χ3v) is 10.4. The number of hydrogen-bond acceptors (Lipinski definition) is 11. The predicted octanol–water partition coefficient (Wildman–Crippen LogP) is 6.01. The maximum absolute atomic E-state index is 13.7. The summed E-state index contributed by atoms with van der Waals surface area (Å²) >= 11 is 0. The molecule has 1 aliphatic rings. The lowest BCUT2D eigenvalue weighted by Crippen LogP contribution is -2.41. The van der Waals surface area contributed by atoms with Crippen LogP contribution in [0.15, 0.2) is 54.5 Å². The summed E-state index contributed by atoms with van der Waals surface area (Å²) in [5.74, 6) is 0.822. The summed E-state index contributed by atoms with van der Waals surface area (Å²) in [4.78, 5) is 36.7. The van der Waals surface area contributed by atoms with Crippen molar-refractivity contribution in [3.63, 3.8) is 0 Å². The Labute approximate surface area is 289 Å². The van der Waals surface area contributed by atoms with Gasteiger partial charge in [0.1, 0.15) is 23.5 Å². The van der Waals surface area contributed by atoms with E-state index in [4.69, 9.17) is 38.0 Å². The standard InChI is InChI=1S/C36H48N2O10Si/c1-8-10-11-12-34(49(5,6)7)47-24-48-38-22-37-20-29(38)35(27-15-14-26(41-3)19-31(27)44-21-33(39)43-9-2)28(36(40)42-4)17-25-13-16-30-32(18-25)46-23-45-30/h13-16,18-20,22,34H,8-12,17,21,23-24H2,1-7H3/b35-28+. The number of rotatable bonds is 19. The van der Waals surface area contributed by atoms with E-state index in [-0.39, 0.29) is 50.3 Å². The SMILES string of the molecule is CCCCCC(OCOn1cncc1/C(=C(\Cc1ccc2c(c1)OCO2)C(=O)OC)c1ccc(OC)cc1OCC(=O)OCC)[Si](C)(C)C. The molecular formula is C36H48N2O10Si. The number of imidazole rings is 1. The van der Waals surface area contributed by atoms with E-state index < -0.39 is 20.0 Å². The van der Waals surface area contributed by atoms with Gasteiger partial charge >= 0.3 is 11.9 Å². The van der Waals surface area contributed by atoms with Crippen molar-refractivity contribution in [2.24, 2.45) is 0 Å². The molecule has 2 heterocycles. The van der Waals surface area contributed by atoms with Crippen LogP contribution in [0.4, 0.5) is 0 Å². The zero-order chi connectivity index (χ0) is 35.4. The highest BCUT2D eigenvalue weighted by atomic mass is 28.3. The summed E-state index contributed by atoms with van der Waals surface area (Å²) in [6, 6.07) is 10.6. The molecule has 2 aromatic carbocycles. The van der Waals surface area contributed by atoms with Gasteiger partial charge in [-0.3, -0.25) is 0 Å². The first-order valence-corrected chi connectivity index (χ1v) is 20.1. The molecule has 3 aromatic rings. The van der Waals surface area contributed by atoms with Gasteiger partial charge in [-0.15, -0.1) is 0 Å². The number of esters is 2.